The number of primary amides is 1. The van der Waals surface area contributed by atoms with E-state index < -0.39 is 108 Å². The van der Waals surface area contributed by atoms with Crippen LogP contribution in [-0.4, -0.2) is 129 Å². The first-order valence-corrected chi connectivity index (χ1v) is 23.3. The molecule has 24 heteroatoms. The van der Waals surface area contributed by atoms with Crippen LogP contribution < -0.4 is 59.7 Å². The van der Waals surface area contributed by atoms with Crippen molar-refractivity contribution >= 4 is 70.0 Å². The first kappa shape index (κ1) is 53.6. The first-order chi connectivity index (χ1) is 34.0. The van der Waals surface area contributed by atoms with Gasteiger partial charge in [-0.25, -0.2) is 4.98 Å². The van der Waals surface area contributed by atoms with Crippen LogP contribution in [0.25, 0.3) is 10.9 Å². The highest BCUT2D eigenvalue weighted by Gasteiger charge is 2.36. The van der Waals surface area contributed by atoms with Gasteiger partial charge < -0.3 is 69.7 Å². The van der Waals surface area contributed by atoms with Crippen molar-refractivity contribution in [2.75, 3.05) is 13.1 Å². The lowest BCUT2D eigenvalue weighted by atomic mass is 10.0. The van der Waals surface area contributed by atoms with Gasteiger partial charge in [-0.15, -0.1) is 0 Å². The van der Waals surface area contributed by atoms with E-state index in [1.165, 1.54) is 19.4 Å². The Morgan fingerprint density at radius 1 is 0.761 bits per heavy atom. The molecule has 24 nitrogen and oxygen atoms in total. The van der Waals surface area contributed by atoms with Crippen LogP contribution >= 0.6 is 0 Å². The second-order valence-corrected chi connectivity index (χ2v) is 17.2. The van der Waals surface area contributed by atoms with Gasteiger partial charge in [0.1, 0.15) is 42.3 Å². The fraction of sp³-hybridized carbons (Fsp3) is 0.426. The number of unbranched alkanes of at least 4 members (excludes halogenated alkanes) is 1. The van der Waals surface area contributed by atoms with Crippen molar-refractivity contribution in [3.63, 3.8) is 0 Å². The van der Waals surface area contributed by atoms with Crippen molar-refractivity contribution in [2.24, 2.45) is 22.2 Å². The number of aliphatic imine (C=N–C) groups is 1. The van der Waals surface area contributed by atoms with Crippen molar-refractivity contribution in [2.45, 2.75) is 114 Å². The Morgan fingerprint density at radius 2 is 1.39 bits per heavy atom. The number of hydrogen-bond donors (Lipinski definition) is 13. The van der Waals surface area contributed by atoms with E-state index in [0.717, 1.165) is 10.9 Å². The summed E-state index contributed by atoms with van der Waals surface area (Å²) in [5.74, 6) is -7.92. The number of aromatic amines is 2. The third kappa shape index (κ3) is 16.7. The van der Waals surface area contributed by atoms with E-state index in [1.54, 1.807) is 42.6 Å². The summed E-state index contributed by atoms with van der Waals surface area (Å²) < 4.78 is 0. The minimum absolute atomic E-state index is 0.0560. The zero-order chi connectivity index (χ0) is 51.5. The maximum atomic E-state index is 14.6. The predicted octanol–water partition coefficient (Wildman–Crippen LogP) is -2.42. The standard InChI is InChI=1S/C47H63N15O9/c1-3-4-14-32(56-26(2)63)41(66)61-37-21-39(64)54-24-38(40(48)65)62-44(69)35(19-28-22-53-31-15-9-8-13-30(28)31)59-42(67)33(16-10-17-52-47(49)50)57-43(68)34(18-27-11-6-5-7-12-27)58-45(70)36(60-46(37)71)20-29-23-51-25-55-29/h5-9,11-13,15,22-23,25,32-38,53H,3-4,10,14,16-21,24H2,1-2H3,(H2,48,65)(H,51,55)(H,54,64)(H,56,63)(H,57,68)(H,58,70)(H,59,67)(H,60,71)(H,61,66)(H,62,69)(H4,49,50,52)/t32-,33+,34+,35-,36+,37+,38-/m0/s1. The molecule has 4 aromatic rings. The van der Waals surface area contributed by atoms with E-state index in [4.69, 9.17) is 17.2 Å². The minimum atomic E-state index is -1.69. The molecular weight excluding hydrogens is 919 g/mol. The van der Waals surface area contributed by atoms with Gasteiger partial charge in [0.05, 0.1) is 12.7 Å². The SMILES string of the molecule is CCCC[C@H](NC(C)=O)C(=O)N[C@@H]1CC(=O)NC[C@@H](C(N)=O)NC(=O)[C@H](Cc2c[nH]c3ccccc23)NC(=O)[C@@H](CCCN=C(N)N)NC(=O)[C@@H](Cc2ccccc2)NC(=O)[C@@H](Cc2cnc[nH]2)NC1=O. The van der Waals surface area contributed by atoms with E-state index in [9.17, 15) is 43.2 Å². The van der Waals surface area contributed by atoms with Gasteiger partial charge in [-0.1, -0.05) is 68.3 Å². The Bertz CT molecular complexity index is 2530. The molecule has 3 heterocycles. The largest absolute Gasteiger partial charge is 0.370 e. The number of fused-ring (bicyclic) bond motifs is 1. The van der Waals surface area contributed by atoms with Gasteiger partial charge in [-0.05, 0) is 36.5 Å². The highest BCUT2D eigenvalue weighted by Crippen LogP contribution is 2.20. The summed E-state index contributed by atoms with van der Waals surface area (Å²) in [4.78, 5) is 139. The van der Waals surface area contributed by atoms with Crippen LogP contribution in [-0.2, 0) is 62.4 Å². The number of imidazole rings is 1. The molecule has 7 atom stereocenters. The molecule has 0 unspecified atom stereocenters. The number of nitrogens with one attached hydrogen (secondary N) is 10. The smallest absolute Gasteiger partial charge is 0.243 e. The molecule has 380 valence electrons. The molecule has 0 spiro atoms. The number of rotatable bonds is 17. The zero-order valence-corrected chi connectivity index (χ0v) is 39.5. The zero-order valence-electron chi connectivity index (χ0n) is 39.5. The van der Waals surface area contributed by atoms with Crippen molar-refractivity contribution in [3.05, 3.63) is 90.1 Å². The first-order valence-electron chi connectivity index (χ1n) is 23.3. The second-order valence-electron chi connectivity index (χ2n) is 17.2. The number of para-hydroxylation sites is 1. The third-order valence-electron chi connectivity index (χ3n) is 11.6. The quantitative estimate of drug-likeness (QED) is 0.0299. The molecule has 0 aliphatic carbocycles. The summed E-state index contributed by atoms with van der Waals surface area (Å²) in [6.07, 6.45) is 4.67. The Labute approximate surface area is 409 Å². The Morgan fingerprint density at radius 3 is 2.06 bits per heavy atom. The summed E-state index contributed by atoms with van der Waals surface area (Å²) in [6.45, 7) is 2.56. The van der Waals surface area contributed by atoms with Crippen molar-refractivity contribution in [3.8, 4) is 0 Å². The summed E-state index contributed by atoms with van der Waals surface area (Å²) in [7, 11) is 0. The van der Waals surface area contributed by atoms with Gasteiger partial charge in [0.2, 0.25) is 53.2 Å². The minimum Gasteiger partial charge on any atom is -0.370 e. The average Bonchev–Trinajstić information content (AvgIpc) is 4.01. The molecule has 2 aromatic carbocycles. The van der Waals surface area contributed by atoms with Crippen molar-refractivity contribution in [1.29, 1.82) is 0 Å². The van der Waals surface area contributed by atoms with Crippen molar-refractivity contribution < 1.29 is 43.2 Å². The van der Waals surface area contributed by atoms with Crippen LogP contribution in [0.15, 0.2) is 78.3 Å². The fourth-order valence-corrected chi connectivity index (χ4v) is 7.85. The number of aromatic nitrogens is 3. The van der Waals surface area contributed by atoms with Crippen LogP contribution in [0.3, 0.4) is 0 Å². The number of hydrogen-bond acceptors (Lipinski definition) is 11. The maximum Gasteiger partial charge on any atom is 0.243 e. The number of carbonyl (C=O) groups is 9. The van der Waals surface area contributed by atoms with Crippen LogP contribution in [0.2, 0.25) is 0 Å². The normalized spacial score (nSPS) is 21.2. The Kier molecular flexibility index (Phi) is 20.0. The van der Waals surface area contributed by atoms with Crippen LogP contribution in [0, 0.1) is 0 Å². The average molecular weight is 982 g/mol. The second kappa shape index (κ2) is 26.4. The number of nitrogens with two attached hydrogens (primary N) is 3. The van der Waals surface area contributed by atoms with Crippen LogP contribution in [0.1, 0.15) is 69.2 Å². The summed E-state index contributed by atoms with van der Waals surface area (Å²) in [6, 6.07) is 5.85. The lowest BCUT2D eigenvalue weighted by molar-refractivity contribution is -0.136. The Balaban J connectivity index is 1.58. The highest BCUT2D eigenvalue weighted by molar-refractivity contribution is 5.99. The van der Waals surface area contributed by atoms with E-state index >= 15 is 0 Å². The van der Waals surface area contributed by atoms with Gasteiger partial charge in [-0.3, -0.25) is 48.1 Å². The maximum absolute atomic E-state index is 14.6. The van der Waals surface area contributed by atoms with Gasteiger partial charge in [-0.2, -0.15) is 0 Å². The van der Waals surface area contributed by atoms with Gasteiger partial charge in [0, 0.05) is 68.3 Å². The molecule has 1 aliphatic heterocycles. The number of benzene rings is 2. The fourth-order valence-electron chi connectivity index (χ4n) is 7.85. The molecule has 9 amide bonds. The molecule has 1 saturated heterocycles. The summed E-state index contributed by atoms with van der Waals surface area (Å²) in [5, 5.41) is 21.7. The monoisotopic (exact) mass is 981 g/mol. The van der Waals surface area contributed by atoms with Crippen molar-refractivity contribution in [1.82, 2.24) is 57.5 Å². The molecule has 71 heavy (non-hydrogen) atoms. The molecule has 0 saturated carbocycles. The van der Waals surface area contributed by atoms with Crippen LogP contribution in [0.4, 0.5) is 0 Å². The molecule has 0 bridgehead atoms. The van der Waals surface area contributed by atoms with Gasteiger partial charge in [0.15, 0.2) is 5.96 Å². The van der Waals surface area contributed by atoms with Gasteiger partial charge in [0.25, 0.3) is 0 Å². The van der Waals surface area contributed by atoms with E-state index in [0.29, 0.717) is 29.7 Å². The summed E-state index contributed by atoms with van der Waals surface area (Å²) in [5.41, 5.74) is 19.2. The number of amides is 9. The summed E-state index contributed by atoms with van der Waals surface area (Å²) >= 11 is 0. The predicted molar refractivity (Wildman–Crippen MR) is 260 cm³/mol. The molecule has 1 fully saturated rings. The number of nitrogens with zero attached hydrogens (tertiary/aromatic N) is 2. The lowest BCUT2D eigenvalue weighted by Crippen LogP contribution is -2.62. The molecule has 0 radical (unpaired) electrons. The number of H-pyrrole nitrogens is 2. The number of carbonyl (C=O) groups excluding carboxylic acids is 9. The molecule has 1 aliphatic rings. The Hall–Kier alpha value is -8.31. The third-order valence-corrected chi connectivity index (χ3v) is 11.6. The highest BCUT2D eigenvalue weighted by atomic mass is 16.2. The van der Waals surface area contributed by atoms with E-state index in [-0.39, 0.29) is 51.0 Å². The number of guanidine groups is 1. The van der Waals surface area contributed by atoms with E-state index in [2.05, 4.69) is 62.5 Å². The molecule has 5 rings (SSSR count). The molecular formula is C47H63N15O9. The lowest BCUT2D eigenvalue weighted by Gasteiger charge is -2.28. The topological polar surface area (TPSA) is 385 Å². The van der Waals surface area contributed by atoms with E-state index in [1.807, 2.05) is 25.1 Å². The molecule has 2 aromatic heterocycles. The van der Waals surface area contributed by atoms with Gasteiger partial charge >= 0.3 is 0 Å². The van der Waals surface area contributed by atoms with Crippen LogP contribution in [0.5, 0.6) is 0 Å². The molecule has 16 N–H and O–H groups in total.